The third-order valence-electron chi connectivity index (χ3n) is 4.88. The number of aromatic nitrogens is 2. The Morgan fingerprint density at radius 1 is 1.22 bits per heavy atom. The summed E-state index contributed by atoms with van der Waals surface area (Å²) in [5.74, 6) is 0.973. The molecule has 1 heterocycles. The molecule has 126 valence electrons. The molecule has 8 heteroatoms. The summed E-state index contributed by atoms with van der Waals surface area (Å²) in [6.45, 7) is 0.164. The van der Waals surface area contributed by atoms with Gasteiger partial charge in [0.15, 0.2) is 5.82 Å². The normalized spacial score (nSPS) is 20.5. The van der Waals surface area contributed by atoms with E-state index in [0.717, 1.165) is 25.7 Å². The van der Waals surface area contributed by atoms with Gasteiger partial charge in [0, 0.05) is 5.92 Å². The van der Waals surface area contributed by atoms with Gasteiger partial charge in [-0.25, -0.2) is 4.79 Å². The average molecular weight is 321 g/mol. The first-order valence-electron chi connectivity index (χ1n) is 8.27. The Kier molecular flexibility index (Phi) is 4.49. The number of carbonyl (C=O) groups is 2. The van der Waals surface area contributed by atoms with Crippen molar-refractivity contribution in [2.24, 2.45) is 5.73 Å². The molecule has 4 N–H and O–H groups in total. The van der Waals surface area contributed by atoms with Crippen LogP contribution in [0.2, 0.25) is 0 Å². The Hall–Kier alpha value is -2.12. The van der Waals surface area contributed by atoms with Crippen molar-refractivity contribution in [1.82, 2.24) is 20.8 Å². The van der Waals surface area contributed by atoms with Crippen LogP contribution in [0, 0.1) is 0 Å². The highest BCUT2D eigenvalue weighted by Gasteiger charge is 2.40. The first-order valence-corrected chi connectivity index (χ1v) is 8.27. The van der Waals surface area contributed by atoms with Crippen molar-refractivity contribution >= 4 is 11.9 Å². The highest BCUT2D eigenvalue weighted by Crippen LogP contribution is 2.33. The molecule has 1 aromatic rings. The number of carbonyl (C=O) groups excluding carboxylic acids is 2. The molecule has 8 nitrogen and oxygen atoms in total. The minimum atomic E-state index is -0.920. The van der Waals surface area contributed by atoms with Crippen molar-refractivity contribution in [1.29, 1.82) is 0 Å². The Labute approximate surface area is 134 Å². The fourth-order valence-electron chi connectivity index (χ4n) is 3.51. The molecule has 2 saturated carbocycles. The predicted molar refractivity (Wildman–Crippen MR) is 81.3 cm³/mol. The molecule has 2 fully saturated rings. The Morgan fingerprint density at radius 3 is 2.57 bits per heavy atom. The summed E-state index contributed by atoms with van der Waals surface area (Å²) in [4.78, 5) is 28.0. The van der Waals surface area contributed by atoms with Gasteiger partial charge < -0.3 is 20.9 Å². The summed E-state index contributed by atoms with van der Waals surface area (Å²) in [7, 11) is 0. The monoisotopic (exact) mass is 321 g/mol. The minimum absolute atomic E-state index is 0.164. The van der Waals surface area contributed by atoms with Crippen LogP contribution in [0.1, 0.15) is 69.0 Å². The number of amides is 3. The van der Waals surface area contributed by atoms with E-state index in [4.69, 9.17) is 10.3 Å². The third-order valence-corrected chi connectivity index (χ3v) is 4.88. The van der Waals surface area contributed by atoms with Crippen LogP contribution in [-0.4, -0.2) is 27.6 Å². The van der Waals surface area contributed by atoms with Gasteiger partial charge in [0.1, 0.15) is 5.54 Å². The number of primary amides is 1. The summed E-state index contributed by atoms with van der Waals surface area (Å²) in [6, 6.07) is -0.432. The van der Waals surface area contributed by atoms with Gasteiger partial charge in [-0.1, -0.05) is 30.8 Å². The van der Waals surface area contributed by atoms with E-state index in [1.807, 2.05) is 0 Å². The maximum absolute atomic E-state index is 12.0. The number of urea groups is 1. The molecule has 0 unspecified atom stereocenters. The topological polar surface area (TPSA) is 123 Å². The van der Waals surface area contributed by atoms with Crippen LogP contribution in [0.15, 0.2) is 4.52 Å². The number of rotatable bonds is 5. The molecule has 0 bridgehead atoms. The quantitative estimate of drug-likeness (QED) is 0.754. The predicted octanol–water partition coefficient (Wildman–Crippen LogP) is 1.32. The molecule has 0 radical (unpaired) electrons. The summed E-state index contributed by atoms with van der Waals surface area (Å²) in [6.07, 6.45) is 7.50. The minimum Gasteiger partial charge on any atom is -0.368 e. The number of hydrogen-bond donors (Lipinski definition) is 3. The first kappa shape index (κ1) is 15.8. The molecule has 3 amide bonds. The molecule has 0 aromatic carbocycles. The molecule has 0 saturated heterocycles. The summed E-state index contributed by atoms with van der Waals surface area (Å²) in [5, 5.41) is 9.28. The summed E-state index contributed by atoms with van der Waals surface area (Å²) < 4.78 is 5.27. The number of nitrogens with one attached hydrogen (secondary N) is 2. The van der Waals surface area contributed by atoms with Crippen LogP contribution >= 0.6 is 0 Å². The third kappa shape index (κ3) is 3.46. The maximum Gasteiger partial charge on any atom is 0.316 e. The number of nitrogens with zero attached hydrogens (tertiary/aromatic N) is 2. The Balaban J connectivity index is 1.51. The molecule has 0 spiro atoms. The number of hydrogen-bond acceptors (Lipinski definition) is 5. The van der Waals surface area contributed by atoms with Crippen molar-refractivity contribution in [3.8, 4) is 0 Å². The van der Waals surface area contributed by atoms with Crippen molar-refractivity contribution in [3.05, 3.63) is 11.7 Å². The lowest BCUT2D eigenvalue weighted by Gasteiger charge is -2.26. The van der Waals surface area contributed by atoms with Crippen molar-refractivity contribution < 1.29 is 14.1 Å². The van der Waals surface area contributed by atoms with E-state index in [-0.39, 0.29) is 6.54 Å². The maximum atomic E-state index is 12.0. The zero-order valence-corrected chi connectivity index (χ0v) is 13.1. The fourth-order valence-corrected chi connectivity index (χ4v) is 3.51. The van der Waals surface area contributed by atoms with Crippen LogP contribution in [0.3, 0.4) is 0 Å². The molecule has 3 rings (SSSR count). The van der Waals surface area contributed by atoms with E-state index in [9.17, 15) is 9.59 Å². The highest BCUT2D eigenvalue weighted by atomic mass is 16.5. The van der Waals surface area contributed by atoms with Gasteiger partial charge in [-0.2, -0.15) is 4.98 Å². The van der Waals surface area contributed by atoms with Crippen LogP contribution < -0.4 is 16.4 Å². The van der Waals surface area contributed by atoms with Gasteiger partial charge in [-0.3, -0.25) is 4.79 Å². The lowest BCUT2D eigenvalue weighted by molar-refractivity contribution is -0.123. The highest BCUT2D eigenvalue weighted by molar-refractivity contribution is 5.90. The number of nitrogens with two attached hydrogens (primary N) is 1. The first-order chi connectivity index (χ1) is 11.1. The van der Waals surface area contributed by atoms with Crippen LogP contribution in [0.5, 0.6) is 0 Å². The fraction of sp³-hybridized carbons (Fsp3) is 0.733. The SMILES string of the molecule is NC(=O)C1(NC(=O)NCc2noc(C3CCCC3)n2)CCCC1. The molecule has 0 aliphatic heterocycles. The van der Waals surface area contributed by atoms with E-state index in [2.05, 4.69) is 20.8 Å². The summed E-state index contributed by atoms with van der Waals surface area (Å²) >= 11 is 0. The van der Waals surface area contributed by atoms with E-state index in [0.29, 0.717) is 30.5 Å². The van der Waals surface area contributed by atoms with E-state index in [1.54, 1.807) is 0 Å². The molecule has 23 heavy (non-hydrogen) atoms. The van der Waals surface area contributed by atoms with E-state index >= 15 is 0 Å². The van der Waals surface area contributed by atoms with Gasteiger partial charge in [0.05, 0.1) is 6.54 Å². The standard InChI is InChI=1S/C15H23N5O3/c16-13(21)15(7-3-4-8-15)19-14(22)17-9-11-18-12(23-20-11)10-5-1-2-6-10/h10H,1-9H2,(H2,16,21)(H2,17,19,22). The lowest BCUT2D eigenvalue weighted by atomic mass is 9.97. The Bertz CT molecular complexity index is 573. The van der Waals surface area contributed by atoms with E-state index < -0.39 is 17.5 Å². The van der Waals surface area contributed by atoms with E-state index in [1.165, 1.54) is 12.8 Å². The van der Waals surface area contributed by atoms with Gasteiger partial charge in [-0.15, -0.1) is 0 Å². The van der Waals surface area contributed by atoms with Crippen molar-refractivity contribution in [2.45, 2.75) is 69.4 Å². The van der Waals surface area contributed by atoms with Gasteiger partial charge in [0.25, 0.3) is 0 Å². The molecule has 1 aromatic heterocycles. The second kappa shape index (κ2) is 6.55. The van der Waals surface area contributed by atoms with Gasteiger partial charge in [0.2, 0.25) is 11.8 Å². The molecular weight excluding hydrogens is 298 g/mol. The lowest BCUT2D eigenvalue weighted by Crippen LogP contribution is -2.57. The zero-order chi connectivity index (χ0) is 16.3. The summed E-state index contributed by atoms with van der Waals surface area (Å²) in [5.41, 5.74) is 4.52. The molecule has 0 atom stereocenters. The second-order valence-corrected chi connectivity index (χ2v) is 6.49. The van der Waals surface area contributed by atoms with Crippen molar-refractivity contribution in [2.75, 3.05) is 0 Å². The Morgan fingerprint density at radius 2 is 1.91 bits per heavy atom. The van der Waals surface area contributed by atoms with Crippen LogP contribution in [0.25, 0.3) is 0 Å². The second-order valence-electron chi connectivity index (χ2n) is 6.49. The molecule has 2 aliphatic rings. The molecular formula is C15H23N5O3. The van der Waals surface area contributed by atoms with Crippen LogP contribution in [0.4, 0.5) is 4.79 Å². The van der Waals surface area contributed by atoms with Gasteiger partial charge in [-0.05, 0) is 25.7 Å². The van der Waals surface area contributed by atoms with Gasteiger partial charge >= 0.3 is 6.03 Å². The average Bonchev–Trinajstić information content (AvgIpc) is 3.26. The molecule has 2 aliphatic carbocycles. The smallest absolute Gasteiger partial charge is 0.316 e. The van der Waals surface area contributed by atoms with Crippen molar-refractivity contribution in [3.63, 3.8) is 0 Å². The zero-order valence-electron chi connectivity index (χ0n) is 13.1. The largest absolute Gasteiger partial charge is 0.368 e. The van der Waals surface area contributed by atoms with Crippen LogP contribution in [-0.2, 0) is 11.3 Å².